The van der Waals surface area contributed by atoms with Crippen LogP contribution in [0.2, 0.25) is 0 Å². The van der Waals surface area contributed by atoms with Gasteiger partial charge in [0.15, 0.2) is 0 Å². The Bertz CT molecular complexity index is 582. The van der Waals surface area contributed by atoms with Gasteiger partial charge in [-0.2, -0.15) is 5.10 Å². The molecule has 0 saturated heterocycles. The van der Waals surface area contributed by atoms with Gasteiger partial charge in [0.05, 0.1) is 5.69 Å². The van der Waals surface area contributed by atoms with Gasteiger partial charge in [-0.05, 0) is 45.7 Å². The van der Waals surface area contributed by atoms with E-state index in [1.165, 1.54) is 11.3 Å². The van der Waals surface area contributed by atoms with Crippen LogP contribution in [0.5, 0.6) is 0 Å². The summed E-state index contributed by atoms with van der Waals surface area (Å²) in [4.78, 5) is 4.39. The van der Waals surface area contributed by atoms with Crippen LogP contribution in [-0.4, -0.2) is 32.4 Å². The van der Waals surface area contributed by atoms with Gasteiger partial charge in [-0.1, -0.05) is 0 Å². The zero-order valence-electron chi connectivity index (χ0n) is 13.8. The lowest BCUT2D eigenvalue weighted by Gasteiger charge is -2.16. The quantitative estimate of drug-likeness (QED) is 0.847. The van der Waals surface area contributed by atoms with Crippen molar-refractivity contribution in [3.8, 4) is 0 Å². The van der Waals surface area contributed by atoms with Crippen molar-refractivity contribution in [2.45, 2.75) is 45.6 Å². The molecule has 0 radical (unpaired) electrons. The topological polar surface area (TPSA) is 47.7 Å². The Hall–Kier alpha value is -1.62. The summed E-state index contributed by atoms with van der Waals surface area (Å²) < 4.78 is 4.08. The molecule has 5 heteroatoms. The second kappa shape index (κ2) is 6.89. The first kappa shape index (κ1) is 15.8. The molecule has 0 aliphatic rings. The zero-order valence-corrected chi connectivity index (χ0v) is 13.8. The van der Waals surface area contributed by atoms with Gasteiger partial charge in [0.2, 0.25) is 0 Å². The highest BCUT2D eigenvalue weighted by Crippen LogP contribution is 2.16. The summed E-state index contributed by atoms with van der Waals surface area (Å²) in [5.74, 6) is 1.16. The van der Waals surface area contributed by atoms with E-state index in [-0.39, 0.29) is 0 Å². The van der Waals surface area contributed by atoms with Crippen molar-refractivity contribution in [1.29, 1.82) is 0 Å². The molecular formula is C16H27N5. The van der Waals surface area contributed by atoms with Crippen LogP contribution in [-0.2, 0) is 26.9 Å². The molecule has 2 aromatic rings. The molecule has 0 saturated carbocycles. The summed E-state index contributed by atoms with van der Waals surface area (Å²) in [5.41, 5.74) is 3.84. The Labute approximate surface area is 127 Å². The number of aryl methyl sites for hydroxylation is 4. The van der Waals surface area contributed by atoms with Crippen LogP contribution in [0.1, 0.15) is 35.6 Å². The molecule has 1 atom stereocenters. The second-order valence-corrected chi connectivity index (χ2v) is 5.79. The third-order valence-electron chi connectivity index (χ3n) is 4.45. The van der Waals surface area contributed by atoms with Gasteiger partial charge < -0.3 is 9.88 Å². The zero-order chi connectivity index (χ0) is 15.4. The molecule has 0 aliphatic heterocycles. The Morgan fingerprint density at radius 3 is 2.43 bits per heavy atom. The number of rotatable bonds is 7. The van der Waals surface area contributed by atoms with Crippen molar-refractivity contribution in [3.05, 3.63) is 35.2 Å². The van der Waals surface area contributed by atoms with E-state index in [0.717, 1.165) is 37.2 Å². The van der Waals surface area contributed by atoms with E-state index in [9.17, 15) is 0 Å². The normalized spacial score (nSPS) is 12.8. The molecule has 0 amide bonds. The Morgan fingerprint density at radius 2 is 1.90 bits per heavy atom. The first-order valence-corrected chi connectivity index (χ1v) is 7.65. The van der Waals surface area contributed by atoms with Crippen LogP contribution in [0.4, 0.5) is 0 Å². The molecule has 1 N–H and O–H groups in total. The van der Waals surface area contributed by atoms with Crippen molar-refractivity contribution in [1.82, 2.24) is 24.6 Å². The summed E-state index contributed by atoms with van der Waals surface area (Å²) in [6.45, 7) is 4.25. The summed E-state index contributed by atoms with van der Waals surface area (Å²) in [7, 11) is 6.12. The maximum absolute atomic E-state index is 4.50. The molecule has 0 aliphatic carbocycles. The summed E-state index contributed by atoms with van der Waals surface area (Å²) in [5, 5.41) is 7.93. The van der Waals surface area contributed by atoms with Gasteiger partial charge in [0.1, 0.15) is 5.82 Å². The predicted octanol–water partition coefficient (Wildman–Crippen LogP) is 1.92. The molecule has 2 heterocycles. The first-order valence-electron chi connectivity index (χ1n) is 7.65. The van der Waals surface area contributed by atoms with Crippen LogP contribution in [0.15, 0.2) is 12.4 Å². The fraction of sp³-hybridized carbons (Fsp3) is 0.625. The highest BCUT2D eigenvalue weighted by atomic mass is 15.3. The average Bonchev–Trinajstić information content (AvgIpc) is 2.96. The standard InChI is InChI=1S/C16H27N5/c1-12-15(13(2)21(5)19-12)8-6-14(17-3)7-9-16-18-10-11-20(16)4/h10-11,14,17H,6-9H2,1-5H3. The lowest BCUT2D eigenvalue weighted by atomic mass is 10.0. The maximum Gasteiger partial charge on any atom is 0.108 e. The number of nitrogens with zero attached hydrogens (tertiary/aromatic N) is 4. The van der Waals surface area contributed by atoms with E-state index < -0.39 is 0 Å². The number of hydrogen-bond acceptors (Lipinski definition) is 3. The summed E-state index contributed by atoms with van der Waals surface area (Å²) >= 11 is 0. The van der Waals surface area contributed by atoms with Gasteiger partial charge in [-0.15, -0.1) is 0 Å². The molecule has 116 valence electrons. The third-order valence-corrected chi connectivity index (χ3v) is 4.45. The second-order valence-electron chi connectivity index (χ2n) is 5.79. The van der Waals surface area contributed by atoms with Crippen LogP contribution < -0.4 is 5.32 Å². The van der Waals surface area contributed by atoms with Crippen molar-refractivity contribution in [2.24, 2.45) is 14.1 Å². The molecular weight excluding hydrogens is 262 g/mol. The molecule has 21 heavy (non-hydrogen) atoms. The van der Waals surface area contributed by atoms with Gasteiger partial charge in [0, 0.05) is 44.6 Å². The van der Waals surface area contributed by atoms with Crippen molar-refractivity contribution in [3.63, 3.8) is 0 Å². The minimum atomic E-state index is 0.515. The van der Waals surface area contributed by atoms with E-state index in [1.807, 2.05) is 31.2 Å². The van der Waals surface area contributed by atoms with Gasteiger partial charge in [0.25, 0.3) is 0 Å². The van der Waals surface area contributed by atoms with Crippen molar-refractivity contribution in [2.75, 3.05) is 7.05 Å². The van der Waals surface area contributed by atoms with Crippen LogP contribution in [0.25, 0.3) is 0 Å². The number of hydrogen-bond donors (Lipinski definition) is 1. The maximum atomic E-state index is 4.50. The Morgan fingerprint density at radius 1 is 1.19 bits per heavy atom. The van der Waals surface area contributed by atoms with E-state index in [1.54, 1.807) is 0 Å². The Balaban J connectivity index is 1.89. The van der Waals surface area contributed by atoms with Crippen LogP contribution in [0, 0.1) is 13.8 Å². The molecule has 1 unspecified atom stereocenters. The summed E-state index contributed by atoms with van der Waals surface area (Å²) in [6.07, 6.45) is 8.21. The van der Waals surface area contributed by atoms with Crippen molar-refractivity contribution >= 4 is 0 Å². The van der Waals surface area contributed by atoms with E-state index >= 15 is 0 Å². The predicted molar refractivity (Wildman–Crippen MR) is 85.4 cm³/mol. The first-order chi connectivity index (χ1) is 10.0. The minimum Gasteiger partial charge on any atom is -0.338 e. The highest BCUT2D eigenvalue weighted by Gasteiger charge is 2.13. The molecule has 2 rings (SSSR count). The fourth-order valence-corrected chi connectivity index (χ4v) is 2.87. The summed E-state index contributed by atoms with van der Waals surface area (Å²) in [6, 6.07) is 0.515. The van der Waals surface area contributed by atoms with E-state index in [2.05, 4.69) is 40.9 Å². The lowest BCUT2D eigenvalue weighted by molar-refractivity contribution is 0.480. The van der Waals surface area contributed by atoms with Gasteiger partial charge in [-0.3, -0.25) is 4.68 Å². The number of aromatic nitrogens is 4. The number of nitrogens with one attached hydrogen (secondary N) is 1. The Kier molecular flexibility index (Phi) is 5.17. The SMILES string of the molecule is CNC(CCc1c(C)nn(C)c1C)CCc1nccn1C. The molecule has 0 spiro atoms. The average molecular weight is 289 g/mol. The lowest BCUT2D eigenvalue weighted by Crippen LogP contribution is -2.27. The number of imidazole rings is 1. The fourth-order valence-electron chi connectivity index (χ4n) is 2.87. The highest BCUT2D eigenvalue weighted by molar-refractivity contribution is 5.24. The van der Waals surface area contributed by atoms with E-state index in [0.29, 0.717) is 6.04 Å². The molecule has 0 aromatic carbocycles. The van der Waals surface area contributed by atoms with Gasteiger partial charge >= 0.3 is 0 Å². The van der Waals surface area contributed by atoms with Crippen LogP contribution >= 0.6 is 0 Å². The van der Waals surface area contributed by atoms with Crippen LogP contribution in [0.3, 0.4) is 0 Å². The van der Waals surface area contributed by atoms with Gasteiger partial charge in [-0.25, -0.2) is 4.98 Å². The smallest absolute Gasteiger partial charge is 0.108 e. The third kappa shape index (κ3) is 3.73. The van der Waals surface area contributed by atoms with Crippen molar-refractivity contribution < 1.29 is 0 Å². The van der Waals surface area contributed by atoms with E-state index in [4.69, 9.17) is 0 Å². The molecule has 2 aromatic heterocycles. The minimum absolute atomic E-state index is 0.515. The molecule has 0 bridgehead atoms. The molecule has 0 fully saturated rings. The monoisotopic (exact) mass is 289 g/mol. The largest absolute Gasteiger partial charge is 0.338 e. The molecule has 5 nitrogen and oxygen atoms in total.